The molecule has 96 valence electrons. The maximum Gasteiger partial charge on any atom is 0.271 e. The molecular weight excluding hydrogens is 232 g/mol. The highest BCUT2D eigenvalue weighted by atomic mass is 16.2. The zero-order valence-electron chi connectivity index (χ0n) is 10.4. The van der Waals surface area contributed by atoms with Gasteiger partial charge < -0.3 is 11.1 Å². The number of anilines is 1. The molecule has 1 amide bonds. The Balaban J connectivity index is 1.89. The molecule has 0 spiro atoms. The van der Waals surface area contributed by atoms with Crippen molar-refractivity contribution in [1.29, 1.82) is 0 Å². The number of nitrogens with one attached hydrogen (secondary N) is 1. The molecule has 0 saturated carbocycles. The molecule has 2 aromatic heterocycles. The normalized spacial score (nSPS) is 10.6. The predicted molar refractivity (Wildman–Crippen MR) is 66.9 cm³/mol. The van der Waals surface area contributed by atoms with Crippen LogP contribution in [0.5, 0.6) is 0 Å². The highest BCUT2D eigenvalue weighted by Crippen LogP contribution is 2.08. The van der Waals surface area contributed by atoms with Crippen LogP contribution in [-0.4, -0.2) is 32.0 Å². The van der Waals surface area contributed by atoms with Crippen LogP contribution in [0.3, 0.4) is 0 Å². The highest BCUT2D eigenvalue weighted by Gasteiger charge is 2.14. The number of carbonyl (C=O) groups excluding carboxylic acids is 1. The van der Waals surface area contributed by atoms with E-state index in [1.807, 2.05) is 19.3 Å². The zero-order valence-corrected chi connectivity index (χ0v) is 10.4. The minimum atomic E-state index is -0.219. The van der Waals surface area contributed by atoms with Gasteiger partial charge in [-0.05, 0) is 6.07 Å². The summed E-state index contributed by atoms with van der Waals surface area (Å²) in [5.74, 6) is -0.219. The molecule has 3 N–H and O–H groups in total. The number of aryl methyl sites for hydroxylation is 2. The van der Waals surface area contributed by atoms with Crippen LogP contribution in [0, 0.1) is 0 Å². The van der Waals surface area contributed by atoms with E-state index in [4.69, 9.17) is 5.73 Å². The molecule has 18 heavy (non-hydrogen) atoms. The number of carbonyl (C=O) groups is 1. The first-order valence-electron chi connectivity index (χ1n) is 5.62. The van der Waals surface area contributed by atoms with Crippen molar-refractivity contribution in [3.8, 4) is 0 Å². The van der Waals surface area contributed by atoms with E-state index in [-0.39, 0.29) is 5.91 Å². The molecule has 0 aromatic carbocycles. The number of amides is 1. The van der Waals surface area contributed by atoms with Gasteiger partial charge in [0.25, 0.3) is 5.91 Å². The molecule has 2 heterocycles. The van der Waals surface area contributed by atoms with Crippen molar-refractivity contribution in [3.05, 3.63) is 29.8 Å². The molecule has 0 saturated heterocycles. The van der Waals surface area contributed by atoms with Crippen molar-refractivity contribution in [2.45, 2.75) is 6.42 Å². The molecule has 2 rings (SSSR count). The van der Waals surface area contributed by atoms with Crippen LogP contribution >= 0.6 is 0 Å². The lowest BCUT2D eigenvalue weighted by molar-refractivity contribution is 0.0945. The number of hydrogen-bond acceptors (Lipinski definition) is 4. The molecule has 0 fully saturated rings. The largest absolute Gasteiger partial charge is 0.396 e. The number of nitrogen functional groups attached to an aromatic ring is 1. The lowest BCUT2D eigenvalue weighted by Gasteiger charge is -2.05. The Kier molecular flexibility index (Phi) is 3.31. The van der Waals surface area contributed by atoms with Gasteiger partial charge in [-0.3, -0.25) is 14.2 Å². The van der Waals surface area contributed by atoms with E-state index in [1.165, 1.54) is 10.9 Å². The fourth-order valence-corrected chi connectivity index (χ4v) is 1.72. The Hall–Kier alpha value is -2.31. The second-order valence-corrected chi connectivity index (χ2v) is 4.06. The highest BCUT2D eigenvalue weighted by molar-refractivity contribution is 5.97. The summed E-state index contributed by atoms with van der Waals surface area (Å²) in [5, 5.41) is 10.9. The monoisotopic (exact) mass is 248 g/mol. The third-order valence-corrected chi connectivity index (χ3v) is 2.62. The van der Waals surface area contributed by atoms with E-state index in [0.29, 0.717) is 24.3 Å². The minimum absolute atomic E-state index is 0.219. The fourth-order valence-electron chi connectivity index (χ4n) is 1.72. The SMILES string of the molecule is Cn1ccc(CCNC(=O)c2c(N)cnn2C)n1. The predicted octanol–water partition coefficient (Wildman–Crippen LogP) is -0.292. The van der Waals surface area contributed by atoms with Crippen LogP contribution in [0.1, 0.15) is 16.2 Å². The van der Waals surface area contributed by atoms with Crippen LogP contribution in [0.25, 0.3) is 0 Å². The number of nitrogens with zero attached hydrogens (tertiary/aromatic N) is 4. The summed E-state index contributed by atoms with van der Waals surface area (Å²) in [4.78, 5) is 11.9. The van der Waals surface area contributed by atoms with Crippen molar-refractivity contribution in [3.63, 3.8) is 0 Å². The van der Waals surface area contributed by atoms with Gasteiger partial charge in [-0.1, -0.05) is 0 Å². The van der Waals surface area contributed by atoms with Crippen molar-refractivity contribution >= 4 is 11.6 Å². The van der Waals surface area contributed by atoms with Crippen LogP contribution in [-0.2, 0) is 20.5 Å². The molecular formula is C11H16N6O. The van der Waals surface area contributed by atoms with Crippen LogP contribution < -0.4 is 11.1 Å². The Morgan fingerprint density at radius 2 is 2.28 bits per heavy atom. The third kappa shape index (κ3) is 2.50. The average molecular weight is 248 g/mol. The summed E-state index contributed by atoms with van der Waals surface area (Å²) in [6.45, 7) is 0.514. The summed E-state index contributed by atoms with van der Waals surface area (Å²) in [7, 11) is 3.54. The molecule has 0 aliphatic heterocycles. The quantitative estimate of drug-likeness (QED) is 0.777. The molecule has 7 nitrogen and oxygen atoms in total. The zero-order chi connectivity index (χ0) is 13.1. The molecule has 2 aromatic rings. The number of hydrogen-bond donors (Lipinski definition) is 2. The maximum absolute atomic E-state index is 11.9. The summed E-state index contributed by atoms with van der Waals surface area (Å²) < 4.78 is 3.20. The van der Waals surface area contributed by atoms with Crippen molar-refractivity contribution < 1.29 is 4.79 Å². The maximum atomic E-state index is 11.9. The molecule has 7 heteroatoms. The van der Waals surface area contributed by atoms with Crippen LogP contribution in [0.2, 0.25) is 0 Å². The fraction of sp³-hybridized carbons (Fsp3) is 0.364. The van der Waals surface area contributed by atoms with Crippen molar-refractivity contribution in [1.82, 2.24) is 24.9 Å². The van der Waals surface area contributed by atoms with Gasteiger partial charge in [0, 0.05) is 33.3 Å². The summed E-state index contributed by atoms with van der Waals surface area (Å²) in [6.07, 6.45) is 4.02. The first-order chi connectivity index (χ1) is 8.58. The van der Waals surface area contributed by atoms with Gasteiger partial charge in [0.15, 0.2) is 0 Å². The van der Waals surface area contributed by atoms with E-state index in [1.54, 1.807) is 11.7 Å². The van der Waals surface area contributed by atoms with E-state index < -0.39 is 0 Å². The average Bonchev–Trinajstić information content (AvgIpc) is 2.86. The first kappa shape index (κ1) is 12.2. The second-order valence-electron chi connectivity index (χ2n) is 4.06. The number of rotatable bonds is 4. The van der Waals surface area contributed by atoms with Crippen molar-refractivity contribution in [2.24, 2.45) is 14.1 Å². The van der Waals surface area contributed by atoms with Crippen molar-refractivity contribution in [2.75, 3.05) is 12.3 Å². The van der Waals surface area contributed by atoms with Crippen LogP contribution in [0.4, 0.5) is 5.69 Å². The van der Waals surface area contributed by atoms with Crippen LogP contribution in [0.15, 0.2) is 18.5 Å². The van der Waals surface area contributed by atoms with Gasteiger partial charge in [-0.25, -0.2) is 0 Å². The minimum Gasteiger partial charge on any atom is -0.396 e. The van der Waals surface area contributed by atoms with Gasteiger partial charge in [0.2, 0.25) is 0 Å². The van der Waals surface area contributed by atoms with E-state index in [2.05, 4.69) is 15.5 Å². The Morgan fingerprint density at radius 1 is 1.50 bits per heavy atom. The Bertz CT molecular complexity index is 536. The third-order valence-electron chi connectivity index (χ3n) is 2.62. The molecule has 0 atom stereocenters. The van der Waals surface area contributed by atoms with Gasteiger partial charge in [0.05, 0.1) is 17.6 Å². The topological polar surface area (TPSA) is 90.8 Å². The van der Waals surface area contributed by atoms with Gasteiger partial charge in [-0.15, -0.1) is 0 Å². The van der Waals surface area contributed by atoms with E-state index >= 15 is 0 Å². The van der Waals surface area contributed by atoms with Gasteiger partial charge >= 0.3 is 0 Å². The summed E-state index contributed by atoms with van der Waals surface area (Å²) >= 11 is 0. The molecule has 0 unspecified atom stereocenters. The first-order valence-corrected chi connectivity index (χ1v) is 5.62. The van der Waals surface area contributed by atoms with Gasteiger partial charge in [0.1, 0.15) is 5.69 Å². The molecule has 0 radical (unpaired) electrons. The standard InChI is InChI=1S/C11H16N6O/c1-16-6-4-8(15-16)3-5-13-11(18)10-9(12)7-14-17(10)2/h4,6-7H,3,5,12H2,1-2H3,(H,13,18). The van der Waals surface area contributed by atoms with E-state index in [9.17, 15) is 4.79 Å². The Morgan fingerprint density at radius 3 is 2.83 bits per heavy atom. The number of aromatic nitrogens is 4. The smallest absolute Gasteiger partial charge is 0.271 e. The number of nitrogens with two attached hydrogens (primary N) is 1. The summed E-state index contributed by atoms with van der Waals surface area (Å²) in [6, 6.07) is 1.92. The van der Waals surface area contributed by atoms with E-state index in [0.717, 1.165) is 5.69 Å². The Labute approximate surface area is 105 Å². The van der Waals surface area contributed by atoms with Gasteiger partial charge in [-0.2, -0.15) is 10.2 Å². The lowest BCUT2D eigenvalue weighted by atomic mass is 10.3. The lowest BCUT2D eigenvalue weighted by Crippen LogP contribution is -2.28. The second kappa shape index (κ2) is 4.91. The summed E-state index contributed by atoms with van der Waals surface area (Å²) in [5.41, 5.74) is 7.38. The molecule has 0 aliphatic rings. The molecule has 0 bridgehead atoms. The molecule has 0 aliphatic carbocycles.